The highest BCUT2D eigenvalue weighted by Crippen LogP contribution is 2.15. The van der Waals surface area contributed by atoms with E-state index >= 15 is 0 Å². The first-order chi connectivity index (χ1) is 15.6. The van der Waals surface area contributed by atoms with Gasteiger partial charge in [0.15, 0.2) is 0 Å². The van der Waals surface area contributed by atoms with Crippen LogP contribution in [0.2, 0.25) is 0 Å². The molecule has 0 aromatic heterocycles. The van der Waals surface area contributed by atoms with Gasteiger partial charge >= 0.3 is 0 Å². The van der Waals surface area contributed by atoms with E-state index in [4.69, 9.17) is 0 Å². The number of nitrogens with zero attached hydrogens (tertiary/aromatic N) is 1. The third-order valence-electron chi connectivity index (χ3n) is 6.46. The highest BCUT2D eigenvalue weighted by atomic mass is 35.5. The van der Waals surface area contributed by atoms with Gasteiger partial charge < -0.3 is 11.1 Å². The van der Waals surface area contributed by atoms with Crippen molar-refractivity contribution < 1.29 is 0 Å². The minimum absolute atomic E-state index is 0. The molecule has 0 radical (unpaired) electrons. The SMILES string of the molecule is CCCCCCCCCCCCCCCCCCCCCCCCCCCC.CN(C)C.Cl.N. The lowest BCUT2D eigenvalue weighted by atomic mass is 10.0. The molecule has 0 aromatic carbocycles. The van der Waals surface area contributed by atoms with Crippen LogP contribution in [0.3, 0.4) is 0 Å². The van der Waals surface area contributed by atoms with Crippen LogP contribution in [0, 0.1) is 0 Å². The van der Waals surface area contributed by atoms with Crippen LogP contribution in [-0.2, 0) is 0 Å². The molecule has 0 unspecified atom stereocenters. The maximum absolute atomic E-state index is 2.30. The van der Waals surface area contributed by atoms with Gasteiger partial charge in [-0.1, -0.05) is 181 Å². The Morgan fingerprint density at radius 2 is 0.382 bits per heavy atom. The molecule has 2 nitrogen and oxygen atoms in total. The van der Waals surface area contributed by atoms with Crippen molar-refractivity contribution in [1.82, 2.24) is 11.1 Å². The van der Waals surface area contributed by atoms with Gasteiger partial charge in [0.25, 0.3) is 0 Å². The summed E-state index contributed by atoms with van der Waals surface area (Å²) < 4.78 is 0. The molecule has 0 aliphatic heterocycles. The Hall–Kier alpha value is 0.210. The average molecular weight is 507 g/mol. The topological polar surface area (TPSA) is 38.2 Å². The fraction of sp³-hybridized carbons (Fsp3) is 1.00. The van der Waals surface area contributed by atoms with Gasteiger partial charge in [-0.15, -0.1) is 12.4 Å². The number of hydrogen-bond donors (Lipinski definition) is 1. The largest absolute Gasteiger partial charge is 0.344 e. The van der Waals surface area contributed by atoms with E-state index in [1.165, 1.54) is 167 Å². The first-order valence-electron chi connectivity index (χ1n) is 15.3. The molecule has 0 atom stereocenters. The monoisotopic (exact) mass is 507 g/mol. The van der Waals surface area contributed by atoms with Crippen LogP contribution in [-0.4, -0.2) is 26.0 Å². The third-order valence-corrected chi connectivity index (χ3v) is 6.46. The Bertz CT molecular complexity index is 268. The predicted molar refractivity (Wildman–Crippen MR) is 163 cm³/mol. The van der Waals surface area contributed by atoms with Gasteiger partial charge in [0.2, 0.25) is 0 Å². The molecule has 0 saturated heterocycles. The average Bonchev–Trinajstić information content (AvgIpc) is 2.76. The molecule has 0 saturated carbocycles. The summed E-state index contributed by atoms with van der Waals surface area (Å²) in [5, 5.41) is 0. The number of rotatable bonds is 25. The lowest BCUT2D eigenvalue weighted by molar-refractivity contribution is 0.505. The zero-order valence-corrected chi connectivity index (χ0v) is 25.8. The summed E-state index contributed by atoms with van der Waals surface area (Å²) in [5.41, 5.74) is 0. The molecule has 0 heterocycles. The summed E-state index contributed by atoms with van der Waals surface area (Å²) in [6, 6.07) is 0. The highest BCUT2D eigenvalue weighted by molar-refractivity contribution is 5.85. The second-order valence-corrected chi connectivity index (χ2v) is 10.8. The molecule has 0 rings (SSSR count). The second kappa shape index (κ2) is 40.4. The maximum Gasteiger partial charge on any atom is -0.0140 e. The van der Waals surface area contributed by atoms with Gasteiger partial charge in [-0.05, 0) is 21.1 Å². The van der Waals surface area contributed by atoms with Crippen molar-refractivity contribution >= 4 is 12.4 Å². The van der Waals surface area contributed by atoms with E-state index in [1.54, 1.807) is 0 Å². The Kier molecular flexibility index (Phi) is 49.1. The van der Waals surface area contributed by atoms with Crippen molar-refractivity contribution in [2.45, 2.75) is 181 Å². The summed E-state index contributed by atoms with van der Waals surface area (Å²) in [5.74, 6) is 0. The summed E-state index contributed by atoms with van der Waals surface area (Å²) in [6.45, 7) is 4.61. The highest BCUT2D eigenvalue weighted by Gasteiger charge is 1.96. The van der Waals surface area contributed by atoms with E-state index in [0.717, 1.165) is 0 Å². The summed E-state index contributed by atoms with van der Waals surface area (Å²) >= 11 is 0. The standard InChI is InChI=1S/C28H58.C3H9N.ClH.H3N/c1-3-5-7-9-11-13-15-17-19-21-23-25-27-28-26-24-22-20-18-16-14-12-10-8-6-4-2;1-4(2)3;;/h3-28H2,1-2H3;1-3H3;1H;1H3. The molecule has 0 amide bonds. The van der Waals surface area contributed by atoms with Crippen LogP contribution in [0.15, 0.2) is 0 Å². The van der Waals surface area contributed by atoms with Crippen molar-refractivity contribution in [3.63, 3.8) is 0 Å². The molecule has 0 spiro atoms. The fourth-order valence-corrected chi connectivity index (χ4v) is 4.39. The molecule has 0 aliphatic carbocycles. The maximum atomic E-state index is 2.30. The van der Waals surface area contributed by atoms with E-state index in [2.05, 4.69) is 13.8 Å². The van der Waals surface area contributed by atoms with E-state index < -0.39 is 0 Å². The summed E-state index contributed by atoms with van der Waals surface area (Å²) in [6.07, 6.45) is 38.4. The normalized spacial score (nSPS) is 10.4. The Labute approximate surface area is 225 Å². The van der Waals surface area contributed by atoms with Crippen LogP contribution >= 0.6 is 12.4 Å². The zero-order valence-electron chi connectivity index (χ0n) is 24.9. The van der Waals surface area contributed by atoms with E-state index in [9.17, 15) is 0 Å². The Morgan fingerprint density at radius 1 is 0.294 bits per heavy atom. The van der Waals surface area contributed by atoms with E-state index in [-0.39, 0.29) is 18.6 Å². The van der Waals surface area contributed by atoms with Crippen LogP contribution in [0.1, 0.15) is 181 Å². The van der Waals surface area contributed by atoms with Crippen LogP contribution in [0.5, 0.6) is 0 Å². The molecule has 212 valence electrons. The van der Waals surface area contributed by atoms with Gasteiger partial charge in [0.1, 0.15) is 0 Å². The van der Waals surface area contributed by atoms with Gasteiger partial charge in [0.05, 0.1) is 0 Å². The molecule has 0 aromatic rings. The third kappa shape index (κ3) is 49.4. The minimum atomic E-state index is 0. The summed E-state index contributed by atoms with van der Waals surface area (Å²) in [7, 11) is 6.00. The molecule has 3 heteroatoms. The molecule has 3 N–H and O–H groups in total. The quantitative estimate of drug-likeness (QED) is 0.125. The number of hydrogen-bond acceptors (Lipinski definition) is 2. The number of halogens is 1. The molecule has 34 heavy (non-hydrogen) atoms. The minimum Gasteiger partial charge on any atom is -0.344 e. The van der Waals surface area contributed by atoms with Gasteiger partial charge in [-0.25, -0.2) is 0 Å². The predicted octanol–water partition coefficient (Wildman–Crippen LogP) is 11.9. The van der Waals surface area contributed by atoms with E-state index in [1.807, 2.05) is 26.0 Å². The first-order valence-corrected chi connectivity index (χ1v) is 15.3. The van der Waals surface area contributed by atoms with Crippen LogP contribution in [0.4, 0.5) is 0 Å². The smallest absolute Gasteiger partial charge is 0.0140 e. The van der Waals surface area contributed by atoms with Crippen molar-refractivity contribution in [3.8, 4) is 0 Å². The lowest BCUT2D eigenvalue weighted by Crippen LogP contribution is -1.99. The first kappa shape index (κ1) is 41.3. The zero-order chi connectivity index (χ0) is 24.0. The molecule has 0 fully saturated rings. The second-order valence-electron chi connectivity index (χ2n) is 10.8. The van der Waals surface area contributed by atoms with Gasteiger partial charge in [-0.2, -0.15) is 0 Å². The number of unbranched alkanes of at least 4 members (excludes halogenated alkanes) is 25. The van der Waals surface area contributed by atoms with Crippen molar-refractivity contribution in [2.75, 3.05) is 21.1 Å². The van der Waals surface area contributed by atoms with Gasteiger partial charge in [0, 0.05) is 0 Å². The lowest BCUT2D eigenvalue weighted by Gasteiger charge is -2.04. The Morgan fingerprint density at radius 3 is 0.471 bits per heavy atom. The Balaban J connectivity index is -0.000000690. The molecular formula is C31H71ClN2. The van der Waals surface area contributed by atoms with Crippen LogP contribution < -0.4 is 6.15 Å². The van der Waals surface area contributed by atoms with E-state index in [0.29, 0.717) is 0 Å². The molecular weight excluding hydrogens is 436 g/mol. The van der Waals surface area contributed by atoms with Gasteiger partial charge in [-0.3, -0.25) is 0 Å². The van der Waals surface area contributed by atoms with Crippen molar-refractivity contribution in [1.29, 1.82) is 0 Å². The van der Waals surface area contributed by atoms with Crippen LogP contribution in [0.25, 0.3) is 0 Å². The van der Waals surface area contributed by atoms with Crippen molar-refractivity contribution in [3.05, 3.63) is 0 Å². The summed E-state index contributed by atoms with van der Waals surface area (Å²) in [4.78, 5) is 2.00. The fourth-order valence-electron chi connectivity index (χ4n) is 4.39. The molecule has 0 aliphatic rings. The van der Waals surface area contributed by atoms with Crippen molar-refractivity contribution in [2.24, 2.45) is 0 Å². The molecule has 0 bridgehead atoms.